The average Bonchev–Trinajstić information content (AvgIpc) is 2.92. The Morgan fingerprint density at radius 1 is 1.41 bits per heavy atom. The lowest BCUT2D eigenvalue weighted by Gasteiger charge is -2.33. The SMILES string of the molecule is CN(Cc1nccs1)[C@H]1CC12CCN(Cc1ccn[nH]1)CC2. The first-order valence-corrected chi connectivity index (χ1v) is 8.92. The second kappa shape index (κ2) is 5.76. The molecule has 2 fully saturated rings. The Hall–Kier alpha value is -1.24. The lowest BCUT2D eigenvalue weighted by atomic mass is 9.92. The molecule has 4 rings (SSSR count). The monoisotopic (exact) mass is 317 g/mol. The summed E-state index contributed by atoms with van der Waals surface area (Å²) in [6, 6.07) is 2.83. The van der Waals surface area contributed by atoms with Gasteiger partial charge in [0.25, 0.3) is 0 Å². The molecule has 3 heterocycles. The predicted octanol–water partition coefficient (Wildman–Crippen LogP) is 2.35. The summed E-state index contributed by atoms with van der Waals surface area (Å²) in [5.41, 5.74) is 1.81. The zero-order valence-electron chi connectivity index (χ0n) is 13.0. The first kappa shape index (κ1) is 14.4. The van der Waals surface area contributed by atoms with Crippen molar-refractivity contribution < 1.29 is 0 Å². The Balaban J connectivity index is 1.29. The van der Waals surface area contributed by atoms with E-state index < -0.39 is 0 Å². The fourth-order valence-corrected chi connectivity index (χ4v) is 4.59. The lowest BCUT2D eigenvalue weighted by molar-refractivity contribution is 0.138. The topological polar surface area (TPSA) is 48.1 Å². The summed E-state index contributed by atoms with van der Waals surface area (Å²) in [6.45, 7) is 4.43. The second-order valence-corrected chi connectivity index (χ2v) is 7.76. The van der Waals surface area contributed by atoms with Crippen LogP contribution in [0.4, 0.5) is 0 Å². The van der Waals surface area contributed by atoms with E-state index in [9.17, 15) is 0 Å². The van der Waals surface area contributed by atoms with Crippen molar-refractivity contribution in [1.29, 1.82) is 0 Å². The fraction of sp³-hybridized carbons (Fsp3) is 0.625. The molecule has 0 aromatic carbocycles. The molecule has 1 atom stereocenters. The summed E-state index contributed by atoms with van der Waals surface area (Å²) < 4.78 is 0. The summed E-state index contributed by atoms with van der Waals surface area (Å²) in [5, 5.41) is 10.4. The van der Waals surface area contributed by atoms with Gasteiger partial charge in [-0.1, -0.05) is 0 Å². The van der Waals surface area contributed by atoms with E-state index in [0.29, 0.717) is 5.41 Å². The van der Waals surface area contributed by atoms with E-state index in [0.717, 1.165) is 19.1 Å². The third-order valence-corrected chi connectivity index (χ3v) is 6.12. The summed E-state index contributed by atoms with van der Waals surface area (Å²) in [4.78, 5) is 9.48. The van der Waals surface area contributed by atoms with Gasteiger partial charge in [0.05, 0.1) is 6.54 Å². The summed E-state index contributed by atoms with van der Waals surface area (Å²) in [5.74, 6) is 0. The highest BCUT2D eigenvalue weighted by Gasteiger charge is 2.56. The van der Waals surface area contributed by atoms with Crippen molar-refractivity contribution in [1.82, 2.24) is 25.0 Å². The van der Waals surface area contributed by atoms with E-state index in [1.54, 1.807) is 11.3 Å². The fourth-order valence-electron chi connectivity index (χ4n) is 3.91. The maximum absolute atomic E-state index is 4.41. The van der Waals surface area contributed by atoms with Gasteiger partial charge in [0.15, 0.2) is 0 Å². The maximum atomic E-state index is 4.41. The van der Waals surface area contributed by atoms with Crippen molar-refractivity contribution in [3.8, 4) is 0 Å². The molecular formula is C16H23N5S. The molecule has 1 N–H and O–H groups in total. The molecule has 1 saturated heterocycles. The number of thiazole rings is 1. The largest absolute Gasteiger partial charge is 0.297 e. The molecule has 6 heteroatoms. The standard InChI is InChI=1S/C16H23N5S/c1-20(12-15-17-6-9-22-15)14-10-16(14)3-7-21(8-4-16)11-13-2-5-18-19-13/h2,5-6,9,14H,3-4,7-8,10-12H2,1H3,(H,18,19)/t14-/m0/s1. The molecule has 22 heavy (non-hydrogen) atoms. The minimum atomic E-state index is 0.580. The van der Waals surface area contributed by atoms with Gasteiger partial charge in [-0.2, -0.15) is 5.10 Å². The molecular weight excluding hydrogens is 294 g/mol. The minimum absolute atomic E-state index is 0.580. The maximum Gasteiger partial charge on any atom is 0.107 e. The molecule has 0 amide bonds. The van der Waals surface area contributed by atoms with E-state index in [-0.39, 0.29) is 0 Å². The first-order valence-electron chi connectivity index (χ1n) is 8.04. The number of rotatable bonds is 5. The van der Waals surface area contributed by atoms with E-state index in [1.807, 2.05) is 12.4 Å². The summed E-state index contributed by atoms with van der Waals surface area (Å²) in [6.07, 6.45) is 7.77. The van der Waals surface area contributed by atoms with Crippen molar-refractivity contribution in [2.45, 2.75) is 38.4 Å². The molecule has 0 radical (unpaired) electrons. The first-order chi connectivity index (χ1) is 10.8. The van der Waals surface area contributed by atoms with E-state index in [4.69, 9.17) is 0 Å². The zero-order valence-corrected chi connectivity index (χ0v) is 13.9. The van der Waals surface area contributed by atoms with Gasteiger partial charge in [0.2, 0.25) is 0 Å². The van der Waals surface area contributed by atoms with Crippen LogP contribution >= 0.6 is 11.3 Å². The average molecular weight is 317 g/mol. The molecule has 2 aromatic rings. The van der Waals surface area contributed by atoms with E-state index in [1.165, 1.54) is 43.1 Å². The highest BCUT2D eigenvalue weighted by molar-refractivity contribution is 7.09. The van der Waals surface area contributed by atoms with Crippen LogP contribution in [0, 0.1) is 5.41 Å². The highest BCUT2D eigenvalue weighted by atomic mass is 32.1. The van der Waals surface area contributed by atoms with Gasteiger partial charge in [-0.05, 0) is 50.9 Å². The van der Waals surface area contributed by atoms with Crippen LogP contribution < -0.4 is 0 Å². The summed E-state index contributed by atoms with van der Waals surface area (Å²) >= 11 is 1.76. The molecule has 1 aliphatic carbocycles. The van der Waals surface area contributed by atoms with Gasteiger partial charge < -0.3 is 0 Å². The number of hydrogen-bond acceptors (Lipinski definition) is 5. The van der Waals surface area contributed by atoms with Gasteiger partial charge in [-0.15, -0.1) is 11.3 Å². The highest BCUT2D eigenvalue weighted by Crippen LogP contribution is 2.56. The Kier molecular flexibility index (Phi) is 3.76. The van der Waals surface area contributed by atoms with Crippen LogP contribution in [0.2, 0.25) is 0 Å². The number of aromatic nitrogens is 3. The van der Waals surface area contributed by atoms with Crippen LogP contribution in [0.1, 0.15) is 30.0 Å². The zero-order chi connectivity index (χ0) is 15.0. The van der Waals surface area contributed by atoms with Crippen molar-refractivity contribution in [2.24, 2.45) is 5.41 Å². The Morgan fingerprint density at radius 2 is 2.27 bits per heavy atom. The normalized spacial score (nSPS) is 24.2. The number of H-pyrrole nitrogens is 1. The Morgan fingerprint density at radius 3 is 2.95 bits per heavy atom. The van der Waals surface area contributed by atoms with Gasteiger partial charge in [-0.25, -0.2) is 4.98 Å². The Labute approximate surface area is 135 Å². The van der Waals surface area contributed by atoms with E-state index in [2.05, 4.69) is 43.5 Å². The lowest BCUT2D eigenvalue weighted by Crippen LogP contribution is -2.37. The van der Waals surface area contributed by atoms with Gasteiger partial charge in [0.1, 0.15) is 5.01 Å². The molecule has 0 unspecified atom stereocenters. The van der Waals surface area contributed by atoms with Gasteiger partial charge in [-0.3, -0.25) is 14.9 Å². The van der Waals surface area contributed by atoms with Gasteiger partial charge in [0, 0.05) is 36.1 Å². The predicted molar refractivity (Wildman–Crippen MR) is 87.5 cm³/mol. The number of likely N-dealkylation sites (tertiary alicyclic amines) is 1. The van der Waals surface area contributed by atoms with Gasteiger partial charge >= 0.3 is 0 Å². The molecule has 2 aromatic heterocycles. The van der Waals surface area contributed by atoms with Crippen LogP contribution in [0.25, 0.3) is 0 Å². The molecule has 1 aliphatic heterocycles. The molecule has 2 aliphatic rings. The molecule has 1 saturated carbocycles. The minimum Gasteiger partial charge on any atom is -0.297 e. The molecule has 0 bridgehead atoms. The van der Waals surface area contributed by atoms with Crippen LogP contribution in [-0.2, 0) is 13.1 Å². The van der Waals surface area contributed by atoms with Crippen molar-refractivity contribution >= 4 is 11.3 Å². The molecule has 1 spiro atoms. The third-order valence-electron chi connectivity index (χ3n) is 5.35. The molecule has 5 nitrogen and oxygen atoms in total. The second-order valence-electron chi connectivity index (χ2n) is 6.78. The van der Waals surface area contributed by atoms with Crippen LogP contribution in [0.3, 0.4) is 0 Å². The smallest absolute Gasteiger partial charge is 0.107 e. The quantitative estimate of drug-likeness (QED) is 0.919. The van der Waals surface area contributed by atoms with Crippen LogP contribution in [0.15, 0.2) is 23.8 Å². The number of aromatic amines is 1. The Bertz CT molecular complexity index is 586. The summed E-state index contributed by atoms with van der Waals surface area (Å²) in [7, 11) is 2.26. The number of piperidine rings is 1. The number of nitrogens with zero attached hydrogens (tertiary/aromatic N) is 4. The van der Waals surface area contributed by atoms with Crippen molar-refractivity contribution in [3.63, 3.8) is 0 Å². The van der Waals surface area contributed by atoms with Crippen molar-refractivity contribution in [2.75, 3.05) is 20.1 Å². The number of nitrogens with one attached hydrogen (secondary N) is 1. The van der Waals surface area contributed by atoms with Crippen LogP contribution in [-0.4, -0.2) is 51.2 Å². The van der Waals surface area contributed by atoms with Crippen molar-refractivity contribution in [3.05, 3.63) is 34.5 Å². The molecule has 118 valence electrons. The third kappa shape index (κ3) is 2.83. The van der Waals surface area contributed by atoms with E-state index >= 15 is 0 Å². The van der Waals surface area contributed by atoms with Crippen LogP contribution in [0.5, 0.6) is 0 Å². The number of hydrogen-bond donors (Lipinski definition) is 1.